The molecule has 116 valence electrons. The second-order valence-electron chi connectivity index (χ2n) is 5.63. The number of carbonyl (C=O) groups is 1. The first-order chi connectivity index (χ1) is 10.7. The molecule has 2 aromatic rings. The maximum absolute atomic E-state index is 12.0. The summed E-state index contributed by atoms with van der Waals surface area (Å²) in [4.78, 5) is 16.5. The van der Waals surface area contributed by atoms with Crippen LogP contribution in [-0.4, -0.2) is 30.1 Å². The normalized spacial score (nSPS) is 17.6. The van der Waals surface area contributed by atoms with Gasteiger partial charge in [-0.3, -0.25) is 4.79 Å². The maximum atomic E-state index is 12.0. The van der Waals surface area contributed by atoms with Crippen LogP contribution in [0.5, 0.6) is 0 Å². The van der Waals surface area contributed by atoms with E-state index >= 15 is 0 Å². The van der Waals surface area contributed by atoms with Crippen molar-refractivity contribution in [3.8, 4) is 10.6 Å². The van der Waals surface area contributed by atoms with Crippen molar-refractivity contribution in [2.75, 3.05) is 13.2 Å². The van der Waals surface area contributed by atoms with Crippen LogP contribution in [0.4, 0.5) is 0 Å². The first-order valence-electron chi connectivity index (χ1n) is 7.60. The Labute approximate surface area is 134 Å². The summed E-state index contributed by atoms with van der Waals surface area (Å²) in [7, 11) is 0. The summed E-state index contributed by atoms with van der Waals surface area (Å²) in [5.74, 6) is 0.0107. The van der Waals surface area contributed by atoms with Gasteiger partial charge in [0, 0.05) is 24.1 Å². The smallest absolute Gasteiger partial charge is 0.226 e. The standard InChI is InChI=1S/C17H20N2O2S/c1-12-4-2-5-13(8-12)17-19-14(11-22-17)9-16(20)18-10-15-6-3-7-21-15/h2,4-5,8,11,15H,3,6-7,9-10H2,1H3,(H,18,20). The molecule has 1 aromatic carbocycles. The first-order valence-corrected chi connectivity index (χ1v) is 8.48. The van der Waals surface area contributed by atoms with Crippen LogP contribution in [0, 0.1) is 6.92 Å². The van der Waals surface area contributed by atoms with Crippen molar-refractivity contribution in [2.24, 2.45) is 0 Å². The van der Waals surface area contributed by atoms with Gasteiger partial charge < -0.3 is 10.1 Å². The van der Waals surface area contributed by atoms with Gasteiger partial charge in [-0.15, -0.1) is 11.3 Å². The average Bonchev–Trinajstić information content (AvgIpc) is 3.16. The van der Waals surface area contributed by atoms with Crippen molar-refractivity contribution in [2.45, 2.75) is 32.3 Å². The lowest BCUT2D eigenvalue weighted by Gasteiger charge is -2.09. The Morgan fingerprint density at radius 2 is 2.41 bits per heavy atom. The molecule has 22 heavy (non-hydrogen) atoms. The molecule has 1 aromatic heterocycles. The number of hydrogen-bond acceptors (Lipinski definition) is 4. The van der Waals surface area contributed by atoms with Crippen LogP contribution >= 0.6 is 11.3 Å². The fourth-order valence-electron chi connectivity index (χ4n) is 2.56. The van der Waals surface area contributed by atoms with E-state index in [0.29, 0.717) is 13.0 Å². The molecule has 1 aliphatic heterocycles. The average molecular weight is 316 g/mol. The third-order valence-corrected chi connectivity index (χ3v) is 4.65. The molecular weight excluding hydrogens is 296 g/mol. The van der Waals surface area contributed by atoms with Gasteiger partial charge in [0.25, 0.3) is 0 Å². The summed E-state index contributed by atoms with van der Waals surface area (Å²) in [5.41, 5.74) is 3.14. The maximum Gasteiger partial charge on any atom is 0.226 e. The van der Waals surface area contributed by atoms with E-state index in [2.05, 4.69) is 29.4 Å². The number of carbonyl (C=O) groups excluding carboxylic acids is 1. The fraction of sp³-hybridized carbons (Fsp3) is 0.412. The number of rotatable bonds is 5. The summed E-state index contributed by atoms with van der Waals surface area (Å²) in [5, 5.41) is 5.86. The quantitative estimate of drug-likeness (QED) is 0.922. The zero-order valence-corrected chi connectivity index (χ0v) is 13.5. The molecule has 2 heterocycles. The minimum absolute atomic E-state index is 0.0107. The van der Waals surface area contributed by atoms with Crippen LogP contribution in [0.25, 0.3) is 10.6 Å². The summed E-state index contributed by atoms with van der Waals surface area (Å²) in [6, 6.07) is 8.25. The monoisotopic (exact) mass is 316 g/mol. The third-order valence-electron chi connectivity index (χ3n) is 3.71. The number of aryl methyl sites for hydroxylation is 1. The zero-order chi connectivity index (χ0) is 15.4. The SMILES string of the molecule is Cc1cccc(-c2nc(CC(=O)NCC3CCCO3)cs2)c1. The van der Waals surface area contributed by atoms with E-state index in [0.717, 1.165) is 35.7 Å². The van der Waals surface area contributed by atoms with Gasteiger partial charge >= 0.3 is 0 Å². The molecule has 1 N–H and O–H groups in total. The van der Waals surface area contributed by atoms with E-state index in [1.54, 1.807) is 11.3 Å². The van der Waals surface area contributed by atoms with E-state index < -0.39 is 0 Å². The summed E-state index contributed by atoms with van der Waals surface area (Å²) >= 11 is 1.58. The number of ether oxygens (including phenoxy) is 1. The molecule has 1 amide bonds. The highest BCUT2D eigenvalue weighted by Gasteiger charge is 2.16. The molecule has 1 atom stereocenters. The molecule has 4 nitrogen and oxygen atoms in total. The van der Waals surface area contributed by atoms with Crippen molar-refractivity contribution < 1.29 is 9.53 Å². The van der Waals surface area contributed by atoms with Crippen molar-refractivity contribution in [1.82, 2.24) is 10.3 Å². The van der Waals surface area contributed by atoms with E-state index in [1.807, 2.05) is 17.5 Å². The van der Waals surface area contributed by atoms with E-state index in [4.69, 9.17) is 4.74 Å². The Morgan fingerprint density at radius 3 is 3.18 bits per heavy atom. The fourth-order valence-corrected chi connectivity index (χ4v) is 3.38. The Bertz CT molecular complexity index is 648. The molecule has 3 rings (SSSR count). The molecule has 0 saturated carbocycles. The van der Waals surface area contributed by atoms with Crippen LogP contribution in [-0.2, 0) is 16.0 Å². The lowest BCUT2D eigenvalue weighted by Crippen LogP contribution is -2.32. The van der Waals surface area contributed by atoms with Crippen LogP contribution < -0.4 is 5.32 Å². The van der Waals surface area contributed by atoms with Crippen molar-refractivity contribution >= 4 is 17.2 Å². The van der Waals surface area contributed by atoms with Gasteiger partial charge in [-0.2, -0.15) is 0 Å². The number of hydrogen-bond donors (Lipinski definition) is 1. The number of amides is 1. The van der Waals surface area contributed by atoms with E-state index in [9.17, 15) is 4.79 Å². The zero-order valence-electron chi connectivity index (χ0n) is 12.7. The van der Waals surface area contributed by atoms with Gasteiger partial charge in [0.2, 0.25) is 5.91 Å². The van der Waals surface area contributed by atoms with Crippen LogP contribution in [0.2, 0.25) is 0 Å². The number of nitrogens with one attached hydrogen (secondary N) is 1. The summed E-state index contributed by atoms with van der Waals surface area (Å²) < 4.78 is 5.50. The lowest BCUT2D eigenvalue weighted by atomic mass is 10.1. The highest BCUT2D eigenvalue weighted by atomic mass is 32.1. The molecular formula is C17H20N2O2S. The first kappa shape index (κ1) is 15.2. The Morgan fingerprint density at radius 1 is 1.50 bits per heavy atom. The number of benzene rings is 1. The van der Waals surface area contributed by atoms with Crippen molar-refractivity contribution in [3.63, 3.8) is 0 Å². The Kier molecular flexibility index (Phi) is 4.85. The molecule has 1 fully saturated rings. The van der Waals surface area contributed by atoms with Crippen molar-refractivity contribution in [1.29, 1.82) is 0 Å². The topological polar surface area (TPSA) is 51.2 Å². The minimum Gasteiger partial charge on any atom is -0.376 e. The predicted octanol–water partition coefficient (Wildman–Crippen LogP) is 2.96. The molecule has 0 bridgehead atoms. The van der Waals surface area contributed by atoms with Crippen molar-refractivity contribution in [3.05, 3.63) is 40.9 Å². The van der Waals surface area contributed by atoms with Gasteiger partial charge in [0.05, 0.1) is 18.2 Å². The number of nitrogens with zero attached hydrogens (tertiary/aromatic N) is 1. The highest BCUT2D eigenvalue weighted by molar-refractivity contribution is 7.13. The molecule has 1 saturated heterocycles. The number of thiazole rings is 1. The largest absolute Gasteiger partial charge is 0.376 e. The van der Waals surface area contributed by atoms with E-state index in [-0.39, 0.29) is 12.0 Å². The number of aromatic nitrogens is 1. The van der Waals surface area contributed by atoms with Gasteiger partial charge in [0.15, 0.2) is 0 Å². The summed E-state index contributed by atoms with van der Waals surface area (Å²) in [6.45, 7) is 3.48. The van der Waals surface area contributed by atoms with Gasteiger partial charge in [-0.1, -0.05) is 23.8 Å². The molecule has 0 spiro atoms. The third kappa shape index (κ3) is 3.93. The van der Waals surface area contributed by atoms with Gasteiger partial charge in [0.1, 0.15) is 5.01 Å². The molecule has 0 aliphatic carbocycles. The van der Waals surface area contributed by atoms with Crippen LogP contribution in [0.3, 0.4) is 0 Å². The Balaban J connectivity index is 1.55. The lowest BCUT2D eigenvalue weighted by molar-refractivity contribution is -0.121. The minimum atomic E-state index is 0.0107. The molecule has 1 unspecified atom stereocenters. The second-order valence-corrected chi connectivity index (χ2v) is 6.49. The highest BCUT2D eigenvalue weighted by Crippen LogP contribution is 2.24. The summed E-state index contributed by atoms with van der Waals surface area (Å²) in [6.07, 6.45) is 2.64. The molecule has 1 aliphatic rings. The molecule has 0 radical (unpaired) electrons. The van der Waals surface area contributed by atoms with Crippen LogP contribution in [0.1, 0.15) is 24.1 Å². The van der Waals surface area contributed by atoms with Crippen LogP contribution in [0.15, 0.2) is 29.6 Å². The van der Waals surface area contributed by atoms with E-state index in [1.165, 1.54) is 5.56 Å². The second kappa shape index (κ2) is 7.03. The predicted molar refractivity (Wildman–Crippen MR) is 88.0 cm³/mol. The van der Waals surface area contributed by atoms with Gasteiger partial charge in [-0.25, -0.2) is 4.98 Å². The Hall–Kier alpha value is -1.72. The van der Waals surface area contributed by atoms with Gasteiger partial charge in [-0.05, 0) is 25.8 Å². The molecule has 5 heteroatoms.